The van der Waals surface area contributed by atoms with E-state index < -0.39 is 38.6 Å². The molecule has 0 aliphatic carbocycles. The molecule has 0 bridgehead atoms. The standard InChI is InChI=1S/C8H5F4NO2S/c1-4-2-3-5(16-8(10,11)12)6(9)7(4)13(14)15/h2-3H,1H3. The van der Waals surface area contributed by atoms with Gasteiger partial charge in [0.2, 0.25) is 5.82 Å². The highest BCUT2D eigenvalue weighted by atomic mass is 32.2. The van der Waals surface area contributed by atoms with Gasteiger partial charge >= 0.3 is 11.2 Å². The Hall–Kier alpha value is -1.31. The number of thioether (sulfide) groups is 1. The second-order valence-corrected chi connectivity index (χ2v) is 3.95. The van der Waals surface area contributed by atoms with Gasteiger partial charge in [-0.25, -0.2) is 0 Å². The van der Waals surface area contributed by atoms with Gasteiger partial charge in [0, 0.05) is 5.56 Å². The number of benzene rings is 1. The molecule has 88 valence electrons. The number of hydrogen-bond acceptors (Lipinski definition) is 3. The number of alkyl halides is 3. The van der Waals surface area contributed by atoms with Gasteiger partial charge in [-0.15, -0.1) is 0 Å². The van der Waals surface area contributed by atoms with E-state index in [1.807, 2.05) is 0 Å². The van der Waals surface area contributed by atoms with Gasteiger partial charge in [0.05, 0.1) is 9.82 Å². The number of rotatable bonds is 2. The zero-order valence-corrected chi connectivity index (χ0v) is 8.66. The van der Waals surface area contributed by atoms with Gasteiger partial charge in [0.15, 0.2) is 0 Å². The molecule has 0 fully saturated rings. The number of aryl methyl sites for hydroxylation is 1. The smallest absolute Gasteiger partial charge is 0.258 e. The lowest BCUT2D eigenvalue weighted by Crippen LogP contribution is -2.03. The fourth-order valence-corrected chi connectivity index (χ4v) is 1.64. The van der Waals surface area contributed by atoms with Crippen LogP contribution in [-0.4, -0.2) is 10.4 Å². The average molecular weight is 255 g/mol. The Bertz CT molecular complexity index is 433. The maximum atomic E-state index is 13.4. The largest absolute Gasteiger partial charge is 0.446 e. The van der Waals surface area contributed by atoms with Crippen LogP contribution >= 0.6 is 11.8 Å². The van der Waals surface area contributed by atoms with Gasteiger partial charge in [-0.2, -0.15) is 17.6 Å². The molecule has 8 heteroatoms. The van der Waals surface area contributed by atoms with Gasteiger partial charge in [-0.3, -0.25) is 10.1 Å². The summed E-state index contributed by atoms with van der Waals surface area (Å²) in [4.78, 5) is 8.60. The summed E-state index contributed by atoms with van der Waals surface area (Å²) in [5, 5.41) is 10.4. The number of nitro benzene ring substituents is 1. The summed E-state index contributed by atoms with van der Waals surface area (Å²) in [6.45, 7) is 1.25. The molecule has 0 radical (unpaired) electrons. The van der Waals surface area contributed by atoms with E-state index in [2.05, 4.69) is 0 Å². The van der Waals surface area contributed by atoms with Crippen LogP contribution in [0.2, 0.25) is 0 Å². The van der Waals surface area contributed by atoms with Crippen LogP contribution in [-0.2, 0) is 0 Å². The third-order valence-electron chi connectivity index (χ3n) is 1.69. The molecule has 0 aromatic heterocycles. The van der Waals surface area contributed by atoms with Crippen molar-refractivity contribution in [3.05, 3.63) is 33.6 Å². The highest BCUT2D eigenvalue weighted by Crippen LogP contribution is 2.40. The first-order chi connectivity index (χ1) is 7.22. The minimum Gasteiger partial charge on any atom is -0.258 e. The molecule has 1 aromatic carbocycles. The summed E-state index contributed by atoms with van der Waals surface area (Å²) in [7, 11) is 0. The maximum absolute atomic E-state index is 13.4. The predicted molar refractivity (Wildman–Crippen MR) is 49.7 cm³/mol. The summed E-state index contributed by atoms with van der Waals surface area (Å²) >= 11 is -0.712. The topological polar surface area (TPSA) is 43.1 Å². The molecule has 0 heterocycles. The van der Waals surface area contributed by atoms with Crippen LogP contribution in [0.5, 0.6) is 0 Å². The fraction of sp³-hybridized carbons (Fsp3) is 0.250. The minimum atomic E-state index is -4.68. The Morgan fingerprint density at radius 3 is 2.38 bits per heavy atom. The Morgan fingerprint density at radius 1 is 1.38 bits per heavy atom. The summed E-state index contributed by atoms with van der Waals surface area (Å²) in [6, 6.07) is 1.95. The first kappa shape index (κ1) is 12.8. The van der Waals surface area contributed by atoms with E-state index in [1.54, 1.807) is 0 Å². The molecule has 16 heavy (non-hydrogen) atoms. The van der Waals surface area contributed by atoms with Gasteiger partial charge in [-0.05, 0) is 24.8 Å². The Morgan fingerprint density at radius 2 is 1.94 bits per heavy atom. The van der Waals surface area contributed by atoms with Crippen LogP contribution < -0.4 is 0 Å². The third-order valence-corrected chi connectivity index (χ3v) is 2.46. The minimum absolute atomic E-state index is 0.0194. The second-order valence-electron chi connectivity index (χ2n) is 2.85. The summed E-state index contributed by atoms with van der Waals surface area (Å²) in [6.07, 6.45) is 0. The molecule has 0 amide bonds. The summed E-state index contributed by atoms with van der Waals surface area (Å²) in [5.74, 6) is -1.45. The van der Waals surface area contributed by atoms with Crippen molar-refractivity contribution in [1.29, 1.82) is 0 Å². The zero-order chi connectivity index (χ0) is 12.5. The number of halogens is 4. The van der Waals surface area contributed by atoms with Gasteiger partial charge < -0.3 is 0 Å². The van der Waals surface area contributed by atoms with Crippen molar-refractivity contribution >= 4 is 17.4 Å². The van der Waals surface area contributed by atoms with E-state index in [-0.39, 0.29) is 5.56 Å². The third kappa shape index (κ3) is 2.84. The molecule has 0 aliphatic heterocycles. The lowest BCUT2D eigenvalue weighted by atomic mass is 10.2. The number of nitro groups is 1. The molecule has 3 nitrogen and oxygen atoms in total. The number of hydrogen-bond donors (Lipinski definition) is 0. The van der Waals surface area contributed by atoms with E-state index in [1.165, 1.54) is 6.92 Å². The molecular weight excluding hydrogens is 250 g/mol. The second kappa shape index (κ2) is 4.28. The Kier molecular flexibility index (Phi) is 3.41. The highest BCUT2D eigenvalue weighted by molar-refractivity contribution is 8.00. The monoisotopic (exact) mass is 255 g/mol. The molecule has 0 aliphatic rings. The first-order valence-electron chi connectivity index (χ1n) is 3.91. The molecule has 0 atom stereocenters. The quantitative estimate of drug-likeness (QED) is 0.350. The predicted octanol–water partition coefficient (Wildman–Crippen LogP) is 3.65. The lowest BCUT2D eigenvalue weighted by Gasteiger charge is -2.07. The normalized spacial score (nSPS) is 11.6. The van der Waals surface area contributed by atoms with Gasteiger partial charge in [0.1, 0.15) is 0 Å². The van der Waals surface area contributed by atoms with Crippen LogP contribution in [0.1, 0.15) is 5.56 Å². The molecule has 0 saturated heterocycles. The maximum Gasteiger partial charge on any atom is 0.446 e. The van der Waals surface area contributed by atoms with Crippen LogP contribution in [0.4, 0.5) is 23.2 Å². The van der Waals surface area contributed by atoms with Crippen LogP contribution in [0.3, 0.4) is 0 Å². The van der Waals surface area contributed by atoms with E-state index in [0.29, 0.717) is 0 Å². The van der Waals surface area contributed by atoms with E-state index in [9.17, 15) is 27.7 Å². The summed E-state index contributed by atoms with van der Waals surface area (Å²) in [5.41, 5.74) is -5.62. The van der Waals surface area contributed by atoms with Crippen LogP contribution in [0.25, 0.3) is 0 Å². The van der Waals surface area contributed by atoms with Crippen molar-refractivity contribution in [2.24, 2.45) is 0 Å². The molecule has 1 aromatic rings. The Labute approximate surface area is 91.6 Å². The average Bonchev–Trinajstić information content (AvgIpc) is 2.07. The number of nitrogens with zero attached hydrogens (tertiary/aromatic N) is 1. The summed E-state index contributed by atoms with van der Waals surface area (Å²) < 4.78 is 49.3. The highest BCUT2D eigenvalue weighted by Gasteiger charge is 2.33. The molecule has 0 N–H and O–H groups in total. The van der Waals surface area contributed by atoms with Crippen molar-refractivity contribution in [3.8, 4) is 0 Å². The van der Waals surface area contributed by atoms with E-state index in [4.69, 9.17) is 0 Å². The SMILES string of the molecule is Cc1ccc(SC(F)(F)F)c(F)c1[N+](=O)[O-]. The van der Waals surface area contributed by atoms with Gasteiger partial charge in [-0.1, -0.05) is 6.07 Å². The van der Waals surface area contributed by atoms with Crippen molar-refractivity contribution in [1.82, 2.24) is 0 Å². The van der Waals surface area contributed by atoms with Crippen molar-refractivity contribution in [3.63, 3.8) is 0 Å². The lowest BCUT2D eigenvalue weighted by molar-refractivity contribution is -0.388. The zero-order valence-electron chi connectivity index (χ0n) is 7.84. The van der Waals surface area contributed by atoms with E-state index >= 15 is 0 Å². The Balaban J connectivity index is 3.24. The first-order valence-corrected chi connectivity index (χ1v) is 4.73. The fourth-order valence-electron chi connectivity index (χ4n) is 1.07. The molecule has 0 saturated carbocycles. The van der Waals surface area contributed by atoms with Crippen molar-refractivity contribution in [2.75, 3.05) is 0 Å². The molecular formula is C8H5F4NO2S. The molecule has 0 unspecified atom stereocenters. The molecule has 1 rings (SSSR count). The van der Waals surface area contributed by atoms with Crippen molar-refractivity contribution < 1.29 is 22.5 Å². The molecule has 0 spiro atoms. The van der Waals surface area contributed by atoms with Crippen LogP contribution in [0, 0.1) is 22.9 Å². The van der Waals surface area contributed by atoms with E-state index in [0.717, 1.165) is 12.1 Å². The van der Waals surface area contributed by atoms with Gasteiger partial charge in [0.25, 0.3) is 0 Å². The van der Waals surface area contributed by atoms with Crippen LogP contribution in [0.15, 0.2) is 17.0 Å². The van der Waals surface area contributed by atoms with Crippen molar-refractivity contribution in [2.45, 2.75) is 17.3 Å².